The first-order chi connectivity index (χ1) is 14.4. The van der Waals surface area contributed by atoms with Crippen molar-refractivity contribution in [3.63, 3.8) is 0 Å². The van der Waals surface area contributed by atoms with Crippen LogP contribution in [0.4, 0.5) is 4.39 Å². The lowest BCUT2D eigenvalue weighted by Gasteiger charge is -2.37. The average molecular weight is 429 g/mol. The van der Waals surface area contributed by atoms with Crippen molar-refractivity contribution < 1.29 is 24.4 Å². The van der Waals surface area contributed by atoms with Gasteiger partial charge in [-0.05, 0) is 53.4 Å². The van der Waals surface area contributed by atoms with E-state index in [4.69, 9.17) is 4.74 Å². The van der Waals surface area contributed by atoms with E-state index in [0.29, 0.717) is 0 Å². The van der Waals surface area contributed by atoms with E-state index in [1.807, 2.05) is 31.2 Å². The van der Waals surface area contributed by atoms with Crippen molar-refractivity contribution in [1.29, 1.82) is 0 Å². The number of aliphatic hydroxyl groups is 3. The molecule has 0 saturated carbocycles. The van der Waals surface area contributed by atoms with Crippen LogP contribution >= 0.6 is 11.3 Å². The third-order valence-electron chi connectivity index (χ3n) is 5.62. The van der Waals surface area contributed by atoms with E-state index in [1.54, 1.807) is 23.5 Å². The van der Waals surface area contributed by atoms with Crippen LogP contribution in [0.3, 0.4) is 0 Å². The second-order valence-corrected chi connectivity index (χ2v) is 8.95. The number of ether oxygens (including phenoxy) is 1. The molecule has 4 nitrogen and oxygen atoms in total. The summed E-state index contributed by atoms with van der Waals surface area (Å²) in [5, 5.41) is 29.8. The second kappa shape index (κ2) is 8.96. The number of rotatable bonds is 5. The molecular weight excluding hydrogens is 403 g/mol. The average Bonchev–Trinajstić information content (AvgIpc) is 3.19. The van der Waals surface area contributed by atoms with Gasteiger partial charge in [-0.2, -0.15) is 0 Å². The maximum Gasteiger partial charge on any atom is 0.123 e. The Morgan fingerprint density at radius 2 is 1.80 bits per heavy atom. The Kier molecular flexibility index (Phi) is 6.32. The predicted octanol–water partition coefficient (Wildman–Crippen LogP) is 4.00. The minimum atomic E-state index is -0.873. The van der Waals surface area contributed by atoms with Crippen LogP contribution in [0.2, 0.25) is 0 Å². The van der Waals surface area contributed by atoms with Crippen molar-refractivity contribution >= 4 is 11.3 Å². The molecule has 4 rings (SSSR count). The van der Waals surface area contributed by atoms with Gasteiger partial charge in [-0.15, -0.1) is 11.3 Å². The largest absolute Gasteiger partial charge is 0.394 e. The van der Waals surface area contributed by atoms with Crippen LogP contribution in [0.25, 0.3) is 10.4 Å². The number of aryl methyl sites for hydroxylation is 1. The third-order valence-corrected chi connectivity index (χ3v) is 6.75. The van der Waals surface area contributed by atoms with Crippen molar-refractivity contribution in [3.05, 3.63) is 82.0 Å². The molecule has 1 aliphatic rings. The van der Waals surface area contributed by atoms with Gasteiger partial charge in [0.2, 0.25) is 0 Å². The first-order valence-electron chi connectivity index (χ1n) is 10.0. The fourth-order valence-corrected chi connectivity index (χ4v) is 4.88. The first kappa shape index (κ1) is 21.2. The Balaban J connectivity index is 1.55. The van der Waals surface area contributed by atoms with Gasteiger partial charge in [-0.1, -0.05) is 30.3 Å². The van der Waals surface area contributed by atoms with Crippen molar-refractivity contribution in [2.45, 2.75) is 44.2 Å². The Hall–Kier alpha value is -2.09. The standard InChI is InChI=1S/C24H25FO4S/c1-14-2-3-16(24-21(28)12-20(27)22(13-26)29-24)10-17(14)11-19-8-9-23(30-19)15-4-6-18(25)7-5-15/h2-10,20-22,24,26-28H,11-13H2,1H3. The summed E-state index contributed by atoms with van der Waals surface area (Å²) in [6.45, 7) is 1.76. The molecule has 3 aromatic rings. The highest BCUT2D eigenvalue weighted by atomic mass is 32.1. The third kappa shape index (κ3) is 4.48. The highest BCUT2D eigenvalue weighted by Crippen LogP contribution is 2.34. The molecule has 0 radical (unpaired) electrons. The second-order valence-electron chi connectivity index (χ2n) is 7.78. The van der Waals surface area contributed by atoms with Gasteiger partial charge in [0, 0.05) is 22.6 Å². The maximum atomic E-state index is 13.2. The summed E-state index contributed by atoms with van der Waals surface area (Å²) >= 11 is 1.67. The number of hydrogen-bond acceptors (Lipinski definition) is 5. The molecule has 1 aliphatic heterocycles. The molecule has 158 valence electrons. The normalized spacial score (nSPS) is 24.2. The van der Waals surface area contributed by atoms with Crippen LogP contribution in [-0.2, 0) is 11.2 Å². The van der Waals surface area contributed by atoms with E-state index < -0.39 is 24.4 Å². The van der Waals surface area contributed by atoms with Crippen molar-refractivity contribution in [3.8, 4) is 10.4 Å². The lowest BCUT2D eigenvalue weighted by atomic mass is 9.91. The Labute approximate surface area is 179 Å². The molecule has 2 aromatic carbocycles. The smallest absolute Gasteiger partial charge is 0.123 e. The van der Waals surface area contributed by atoms with Gasteiger partial charge >= 0.3 is 0 Å². The zero-order valence-corrected chi connectivity index (χ0v) is 17.5. The van der Waals surface area contributed by atoms with Gasteiger partial charge in [0.15, 0.2) is 0 Å². The van der Waals surface area contributed by atoms with Crippen LogP contribution < -0.4 is 0 Å². The van der Waals surface area contributed by atoms with Gasteiger partial charge in [-0.25, -0.2) is 4.39 Å². The van der Waals surface area contributed by atoms with Crippen molar-refractivity contribution in [1.82, 2.24) is 0 Å². The molecule has 0 aliphatic carbocycles. The van der Waals surface area contributed by atoms with Crippen LogP contribution in [-0.4, -0.2) is 40.2 Å². The number of halogens is 1. The summed E-state index contributed by atoms with van der Waals surface area (Å²) in [5.74, 6) is -0.244. The van der Waals surface area contributed by atoms with E-state index in [-0.39, 0.29) is 18.8 Å². The van der Waals surface area contributed by atoms with E-state index >= 15 is 0 Å². The summed E-state index contributed by atoms with van der Waals surface area (Å²) < 4.78 is 19.0. The lowest BCUT2D eigenvalue weighted by molar-refractivity contribution is -0.181. The zero-order chi connectivity index (χ0) is 21.3. The van der Waals surface area contributed by atoms with Gasteiger partial charge < -0.3 is 20.1 Å². The Morgan fingerprint density at radius 1 is 1.03 bits per heavy atom. The minimum Gasteiger partial charge on any atom is -0.394 e. The number of hydrogen-bond donors (Lipinski definition) is 3. The van der Waals surface area contributed by atoms with Gasteiger partial charge in [0.25, 0.3) is 0 Å². The highest BCUT2D eigenvalue weighted by molar-refractivity contribution is 7.15. The van der Waals surface area contributed by atoms with Crippen molar-refractivity contribution in [2.75, 3.05) is 6.61 Å². The predicted molar refractivity (Wildman–Crippen MR) is 115 cm³/mol. The summed E-state index contributed by atoms with van der Waals surface area (Å²) in [4.78, 5) is 2.27. The maximum absolute atomic E-state index is 13.2. The zero-order valence-electron chi connectivity index (χ0n) is 16.7. The van der Waals surface area contributed by atoms with Gasteiger partial charge in [0.05, 0.1) is 18.8 Å². The number of benzene rings is 2. The molecule has 3 N–H and O–H groups in total. The molecule has 6 heteroatoms. The molecule has 4 atom stereocenters. The minimum absolute atomic E-state index is 0.172. The first-order valence-corrected chi connectivity index (χ1v) is 10.8. The fraction of sp³-hybridized carbons (Fsp3) is 0.333. The van der Waals surface area contributed by atoms with E-state index in [1.165, 1.54) is 17.0 Å². The fourth-order valence-electron chi connectivity index (χ4n) is 3.85. The molecule has 1 fully saturated rings. The molecule has 2 heterocycles. The van der Waals surface area contributed by atoms with Crippen LogP contribution in [0.1, 0.15) is 34.1 Å². The SMILES string of the molecule is Cc1ccc(C2OC(CO)C(O)CC2O)cc1Cc1ccc(-c2ccc(F)cc2)s1. The molecule has 0 amide bonds. The molecule has 30 heavy (non-hydrogen) atoms. The summed E-state index contributed by atoms with van der Waals surface area (Å²) in [6, 6.07) is 16.6. The van der Waals surface area contributed by atoms with Gasteiger partial charge in [-0.3, -0.25) is 0 Å². The quantitative estimate of drug-likeness (QED) is 0.575. The van der Waals surface area contributed by atoms with E-state index in [0.717, 1.165) is 33.6 Å². The van der Waals surface area contributed by atoms with Crippen LogP contribution in [0, 0.1) is 12.7 Å². The van der Waals surface area contributed by atoms with Gasteiger partial charge in [0.1, 0.15) is 18.0 Å². The van der Waals surface area contributed by atoms with Crippen LogP contribution in [0.5, 0.6) is 0 Å². The molecule has 4 unspecified atom stereocenters. The number of aliphatic hydroxyl groups excluding tert-OH is 3. The summed E-state index contributed by atoms with van der Waals surface area (Å²) in [7, 11) is 0. The topological polar surface area (TPSA) is 69.9 Å². The molecule has 0 bridgehead atoms. The van der Waals surface area contributed by atoms with E-state index in [9.17, 15) is 19.7 Å². The molecular formula is C24H25FO4S. The number of thiophene rings is 1. The van der Waals surface area contributed by atoms with Crippen molar-refractivity contribution in [2.24, 2.45) is 0 Å². The van der Waals surface area contributed by atoms with E-state index in [2.05, 4.69) is 6.07 Å². The summed E-state index contributed by atoms with van der Waals surface area (Å²) in [6.07, 6.45) is -2.07. The van der Waals surface area contributed by atoms with Crippen LogP contribution in [0.15, 0.2) is 54.6 Å². The molecule has 1 saturated heterocycles. The summed E-state index contributed by atoms with van der Waals surface area (Å²) in [5.41, 5.74) is 4.09. The monoisotopic (exact) mass is 428 g/mol. The Morgan fingerprint density at radius 3 is 2.53 bits per heavy atom. The lowest BCUT2D eigenvalue weighted by Crippen LogP contribution is -2.44. The highest BCUT2D eigenvalue weighted by Gasteiger charge is 2.36. The molecule has 0 spiro atoms. The Bertz CT molecular complexity index is 1000. The molecule has 1 aromatic heterocycles.